The standard InChI is InChI=1S/C11H23NO2.C3H9ClSi/c1-2-3-11(13)10(12)8-9-4-6-14-7-5-9;1-5(2,3)4/h9-11,13H,2-8,12H2,1H3;1-3H3/t10-,11+;/m0./s1. The van der Waals surface area contributed by atoms with E-state index < -0.39 is 7.38 Å². The minimum Gasteiger partial charge on any atom is -0.392 e. The van der Waals surface area contributed by atoms with E-state index in [1.165, 1.54) is 0 Å². The Balaban J connectivity index is 0.000000555. The van der Waals surface area contributed by atoms with E-state index in [-0.39, 0.29) is 12.1 Å². The van der Waals surface area contributed by atoms with Gasteiger partial charge in [0.05, 0.1) is 6.10 Å². The number of nitrogens with two attached hydrogens (primary N) is 1. The summed E-state index contributed by atoms with van der Waals surface area (Å²) < 4.78 is 5.29. The monoisotopic (exact) mass is 309 g/mol. The lowest BCUT2D eigenvalue weighted by Gasteiger charge is -2.27. The highest BCUT2D eigenvalue weighted by Crippen LogP contribution is 2.21. The molecular weight excluding hydrogens is 278 g/mol. The Bertz CT molecular complexity index is 212. The summed E-state index contributed by atoms with van der Waals surface area (Å²) in [6, 6.07) is -0.0435. The zero-order valence-corrected chi connectivity index (χ0v) is 14.7. The molecule has 0 spiro atoms. The molecule has 0 saturated carbocycles. The second kappa shape index (κ2) is 10.2. The molecule has 0 aromatic carbocycles. The van der Waals surface area contributed by atoms with E-state index in [4.69, 9.17) is 21.5 Å². The van der Waals surface area contributed by atoms with Crippen LogP contribution in [0.2, 0.25) is 19.6 Å². The molecule has 1 saturated heterocycles. The first-order chi connectivity index (χ1) is 8.74. The molecule has 0 amide bonds. The van der Waals surface area contributed by atoms with E-state index in [2.05, 4.69) is 26.6 Å². The zero-order valence-electron chi connectivity index (χ0n) is 13.0. The molecule has 19 heavy (non-hydrogen) atoms. The van der Waals surface area contributed by atoms with Gasteiger partial charge < -0.3 is 15.6 Å². The Labute approximate surface area is 124 Å². The predicted octanol–water partition coefficient (Wildman–Crippen LogP) is 3.35. The largest absolute Gasteiger partial charge is 0.392 e. The Morgan fingerprint density at radius 1 is 1.32 bits per heavy atom. The summed E-state index contributed by atoms with van der Waals surface area (Å²) >= 11 is 5.67. The second-order valence-corrected chi connectivity index (χ2v) is 13.9. The van der Waals surface area contributed by atoms with Crippen molar-refractivity contribution in [3.8, 4) is 0 Å². The van der Waals surface area contributed by atoms with E-state index in [0.717, 1.165) is 45.3 Å². The third-order valence-electron chi connectivity index (χ3n) is 3.03. The maximum atomic E-state index is 9.69. The van der Waals surface area contributed by atoms with Crippen LogP contribution in [0.5, 0.6) is 0 Å². The molecule has 1 fully saturated rings. The highest BCUT2D eigenvalue weighted by Gasteiger charge is 2.21. The summed E-state index contributed by atoms with van der Waals surface area (Å²) in [6.45, 7) is 10.1. The van der Waals surface area contributed by atoms with Crippen LogP contribution in [0.1, 0.15) is 39.0 Å². The second-order valence-electron chi connectivity index (χ2n) is 6.38. The fraction of sp³-hybridized carbons (Fsp3) is 1.00. The summed E-state index contributed by atoms with van der Waals surface area (Å²) in [5.74, 6) is 0.658. The van der Waals surface area contributed by atoms with Crippen molar-refractivity contribution < 1.29 is 9.84 Å². The van der Waals surface area contributed by atoms with Gasteiger partial charge >= 0.3 is 0 Å². The first-order valence-corrected chi connectivity index (χ1v) is 12.0. The maximum Gasteiger partial charge on any atom is 0.147 e. The van der Waals surface area contributed by atoms with Crippen molar-refractivity contribution in [3.05, 3.63) is 0 Å². The lowest BCUT2D eigenvalue weighted by atomic mass is 9.90. The van der Waals surface area contributed by atoms with Gasteiger partial charge in [0, 0.05) is 19.3 Å². The van der Waals surface area contributed by atoms with Crippen molar-refractivity contribution in [1.29, 1.82) is 0 Å². The molecular formula is C14H32ClNO2Si. The van der Waals surface area contributed by atoms with Gasteiger partial charge in [0.1, 0.15) is 7.38 Å². The smallest absolute Gasteiger partial charge is 0.147 e. The van der Waals surface area contributed by atoms with E-state index >= 15 is 0 Å². The molecule has 0 unspecified atom stereocenters. The van der Waals surface area contributed by atoms with Gasteiger partial charge in [-0.1, -0.05) is 33.0 Å². The van der Waals surface area contributed by atoms with Gasteiger partial charge in [0.2, 0.25) is 0 Å². The third kappa shape index (κ3) is 13.1. The molecule has 1 heterocycles. The van der Waals surface area contributed by atoms with Gasteiger partial charge in [-0.2, -0.15) is 11.1 Å². The van der Waals surface area contributed by atoms with Gasteiger partial charge in [-0.15, -0.1) is 0 Å². The molecule has 1 rings (SSSR count). The van der Waals surface area contributed by atoms with Crippen LogP contribution in [0.3, 0.4) is 0 Å². The molecule has 116 valence electrons. The average molecular weight is 310 g/mol. The van der Waals surface area contributed by atoms with Crippen molar-refractivity contribution in [2.75, 3.05) is 13.2 Å². The van der Waals surface area contributed by atoms with E-state index in [1.807, 2.05) is 0 Å². The minimum atomic E-state index is -1.14. The molecule has 5 heteroatoms. The molecule has 0 aliphatic carbocycles. The Morgan fingerprint density at radius 2 is 1.79 bits per heavy atom. The van der Waals surface area contributed by atoms with Crippen LogP contribution in [0, 0.1) is 5.92 Å². The van der Waals surface area contributed by atoms with Crippen LogP contribution in [0.15, 0.2) is 0 Å². The molecule has 3 nitrogen and oxygen atoms in total. The Hall–Kier alpha value is 0.387. The van der Waals surface area contributed by atoms with Crippen molar-refractivity contribution in [2.45, 2.75) is 70.8 Å². The fourth-order valence-electron chi connectivity index (χ4n) is 2.03. The van der Waals surface area contributed by atoms with Crippen LogP contribution in [-0.2, 0) is 4.74 Å². The first kappa shape index (κ1) is 19.4. The van der Waals surface area contributed by atoms with Crippen molar-refractivity contribution >= 4 is 18.5 Å². The lowest BCUT2D eigenvalue weighted by Crippen LogP contribution is -2.37. The number of aliphatic hydroxyl groups is 1. The van der Waals surface area contributed by atoms with Crippen molar-refractivity contribution in [1.82, 2.24) is 0 Å². The summed E-state index contributed by atoms with van der Waals surface area (Å²) in [5, 5.41) is 9.69. The number of halogens is 1. The van der Waals surface area contributed by atoms with E-state index in [9.17, 15) is 5.11 Å². The van der Waals surface area contributed by atoms with E-state index in [0.29, 0.717) is 5.92 Å². The zero-order chi connectivity index (χ0) is 14.9. The highest BCUT2D eigenvalue weighted by molar-refractivity contribution is 7.18. The van der Waals surface area contributed by atoms with Crippen LogP contribution < -0.4 is 5.73 Å². The summed E-state index contributed by atoms with van der Waals surface area (Å²) in [7, 11) is -1.14. The lowest BCUT2D eigenvalue weighted by molar-refractivity contribution is 0.0510. The topological polar surface area (TPSA) is 55.5 Å². The third-order valence-corrected chi connectivity index (χ3v) is 3.03. The molecule has 1 aliphatic heterocycles. The first-order valence-electron chi connectivity index (χ1n) is 7.44. The number of hydrogen-bond acceptors (Lipinski definition) is 3. The van der Waals surface area contributed by atoms with Gasteiger partial charge in [-0.25, -0.2) is 0 Å². The molecule has 0 aromatic heterocycles. The summed E-state index contributed by atoms with van der Waals surface area (Å²) in [4.78, 5) is 0. The van der Waals surface area contributed by atoms with Crippen molar-refractivity contribution in [2.24, 2.45) is 11.7 Å². The minimum absolute atomic E-state index is 0.0435. The summed E-state index contributed by atoms with van der Waals surface area (Å²) in [6.07, 6.45) is 4.67. The van der Waals surface area contributed by atoms with Crippen LogP contribution in [-0.4, -0.2) is 37.8 Å². The number of rotatable bonds is 5. The van der Waals surface area contributed by atoms with Crippen LogP contribution in [0.4, 0.5) is 0 Å². The average Bonchev–Trinajstić information content (AvgIpc) is 2.28. The van der Waals surface area contributed by atoms with Gasteiger partial charge in [0.25, 0.3) is 0 Å². The number of aliphatic hydroxyl groups excluding tert-OH is 1. The summed E-state index contributed by atoms with van der Waals surface area (Å²) in [5.41, 5.74) is 5.94. The van der Waals surface area contributed by atoms with Gasteiger partial charge in [-0.3, -0.25) is 0 Å². The quantitative estimate of drug-likeness (QED) is 0.605. The molecule has 0 radical (unpaired) electrons. The molecule has 3 N–H and O–H groups in total. The predicted molar refractivity (Wildman–Crippen MR) is 86.2 cm³/mol. The van der Waals surface area contributed by atoms with Crippen LogP contribution >= 0.6 is 11.1 Å². The highest BCUT2D eigenvalue weighted by atomic mass is 35.6. The van der Waals surface area contributed by atoms with Crippen LogP contribution in [0.25, 0.3) is 0 Å². The maximum absolute atomic E-state index is 9.69. The Kier molecular flexibility index (Phi) is 10.4. The molecule has 0 bridgehead atoms. The SMILES string of the molecule is CCC[C@@H](O)[C@@H](N)CC1CCOCC1.C[Si](C)(C)Cl. The van der Waals surface area contributed by atoms with Crippen molar-refractivity contribution in [3.63, 3.8) is 0 Å². The van der Waals surface area contributed by atoms with Gasteiger partial charge in [-0.05, 0) is 31.6 Å². The van der Waals surface area contributed by atoms with Gasteiger partial charge in [0.15, 0.2) is 0 Å². The number of hydrogen-bond donors (Lipinski definition) is 2. The molecule has 1 aliphatic rings. The Morgan fingerprint density at radius 3 is 2.21 bits per heavy atom. The van der Waals surface area contributed by atoms with E-state index in [1.54, 1.807) is 0 Å². The molecule has 0 aromatic rings. The fourth-order valence-corrected chi connectivity index (χ4v) is 2.03. The molecule has 2 atom stereocenters. The normalized spacial score (nSPS) is 20.4. The number of ether oxygens (including phenoxy) is 1.